The molecular formula is C17H32N2O2. The molecule has 0 aliphatic rings. The smallest absolute Gasteiger partial charge is 0.118 e. The molecule has 0 spiro atoms. The van der Waals surface area contributed by atoms with Crippen molar-refractivity contribution >= 4 is 0 Å². The van der Waals surface area contributed by atoms with Gasteiger partial charge in [-0.15, -0.1) is 0 Å². The molecule has 1 rings (SSSR count). The Morgan fingerprint density at radius 1 is 1.33 bits per heavy atom. The molecule has 1 N–H and O–H groups in total. The highest BCUT2D eigenvalue weighted by atomic mass is 16.5. The van der Waals surface area contributed by atoms with Crippen molar-refractivity contribution in [3.05, 3.63) is 23.7 Å². The maximum absolute atomic E-state index is 5.70. The number of nitrogens with one attached hydrogen (secondary N) is 1. The molecular weight excluding hydrogens is 264 g/mol. The van der Waals surface area contributed by atoms with Crippen LogP contribution in [0.1, 0.15) is 45.4 Å². The molecule has 1 aromatic rings. The molecule has 0 bridgehead atoms. The van der Waals surface area contributed by atoms with Gasteiger partial charge in [-0.05, 0) is 31.9 Å². The highest BCUT2D eigenvalue weighted by molar-refractivity contribution is 5.12. The number of nitrogens with zero attached hydrogens (tertiary/aromatic N) is 1. The first-order valence-corrected chi connectivity index (χ1v) is 8.06. The largest absolute Gasteiger partial charge is 0.468 e. The van der Waals surface area contributed by atoms with Crippen LogP contribution in [-0.4, -0.2) is 37.7 Å². The summed E-state index contributed by atoms with van der Waals surface area (Å²) >= 11 is 0. The van der Waals surface area contributed by atoms with Crippen LogP contribution in [0.15, 0.2) is 16.7 Å². The Labute approximate surface area is 129 Å². The third-order valence-electron chi connectivity index (χ3n) is 3.75. The van der Waals surface area contributed by atoms with E-state index in [1.165, 1.54) is 5.56 Å². The van der Waals surface area contributed by atoms with Crippen LogP contribution in [0.3, 0.4) is 0 Å². The predicted molar refractivity (Wildman–Crippen MR) is 87.3 cm³/mol. The van der Waals surface area contributed by atoms with Gasteiger partial charge in [0.25, 0.3) is 0 Å². The van der Waals surface area contributed by atoms with Crippen molar-refractivity contribution in [2.75, 3.05) is 26.8 Å². The van der Waals surface area contributed by atoms with Crippen LogP contribution < -0.4 is 5.32 Å². The van der Waals surface area contributed by atoms with E-state index in [0.717, 1.165) is 45.0 Å². The summed E-state index contributed by atoms with van der Waals surface area (Å²) in [5, 5.41) is 3.44. The van der Waals surface area contributed by atoms with E-state index >= 15 is 0 Å². The number of ether oxygens (including phenoxy) is 1. The Kier molecular flexibility index (Phi) is 8.66. The SMILES string of the molecule is CCC(C)N(CCOC)Cc1cc(CNCC(C)C)co1. The Bertz CT molecular complexity index is 377. The fraction of sp³-hybridized carbons (Fsp3) is 0.765. The van der Waals surface area contributed by atoms with Crippen molar-refractivity contribution in [3.8, 4) is 0 Å². The van der Waals surface area contributed by atoms with E-state index in [1.54, 1.807) is 7.11 Å². The van der Waals surface area contributed by atoms with Crippen molar-refractivity contribution < 1.29 is 9.15 Å². The van der Waals surface area contributed by atoms with E-state index < -0.39 is 0 Å². The molecule has 0 radical (unpaired) electrons. The molecule has 0 saturated heterocycles. The predicted octanol–water partition coefficient (Wildman–Crippen LogP) is 3.27. The molecule has 0 aliphatic carbocycles. The molecule has 0 fully saturated rings. The third kappa shape index (κ3) is 7.11. The monoisotopic (exact) mass is 296 g/mol. The minimum atomic E-state index is 0.535. The summed E-state index contributed by atoms with van der Waals surface area (Å²) in [5.74, 6) is 1.71. The second-order valence-corrected chi connectivity index (χ2v) is 6.17. The fourth-order valence-electron chi connectivity index (χ4n) is 2.23. The Morgan fingerprint density at radius 2 is 2.10 bits per heavy atom. The van der Waals surface area contributed by atoms with Gasteiger partial charge in [0.15, 0.2) is 0 Å². The third-order valence-corrected chi connectivity index (χ3v) is 3.75. The van der Waals surface area contributed by atoms with Crippen LogP contribution in [0.4, 0.5) is 0 Å². The van der Waals surface area contributed by atoms with Gasteiger partial charge in [0.05, 0.1) is 19.4 Å². The normalized spacial score (nSPS) is 13.3. The van der Waals surface area contributed by atoms with E-state index in [4.69, 9.17) is 9.15 Å². The quantitative estimate of drug-likeness (QED) is 0.680. The van der Waals surface area contributed by atoms with Gasteiger partial charge in [-0.3, -0.25) is 4.90 Å². The van der Waals surface area contributed by atoms with Crippen molar-refractivity contribution in [3.63, 3.8) is 0 Å². The summed E-state index contributed by atoms with van der Waals surface area (Å²) < 4.78 is 10.9. The Hall–Kier alpha value is -0.840. The lowest BCUT2D eigenvalue weighted by Crippen LogP contribution is -2.34. The number of methoxy groups -OCH3 is 1. The first kappa shape index (κ1) is 18.2. The van der Waals surface area contributed by atoms with Gasteiger partial charge in [-0.2, -0.15) is 0 Å². The molecule has 1 heterocycles. The summed E-state index contributed by atoms with van der Waals surface area (Å²) in [6, 6.07) is 2.70. The molecule has 0 aromatic carbocycles. The van der Waals surface area contributed by atoms with Crippen LogP contribution in [0.2, 0.25) is 0 Å². The fourth-order valence-corrected chi connectivity index (χ4v) is 2.23. The standard InChI is InChI=1S/C17H32N2O2/c1-6-15(4)19(7-8-20-5)12-17-9-16(13-21-17)11-18-10-14(2)3/h9,13-15,18H,6-8,10-12H2,1-5H3. The summed E-state index contributed by atoms with van der Waals surface area (Å²) in [6.07, 6.45) is 3.00. The van der Waals surface area contributed by atoms with Gasteiger partial charge in [0.1, 0.15) is 5.76 Å². The van der Waals surface area contributed by atoms with Gasteiger partial charge in [-0.25, -0.2) is 0 Å². The van der Waals surface area contributed by atoms with E-state index in [9.17, 15) is 0 Å². The molecule has 1 aromatic heterocycles. The van der Waals surface area contributed by atoms with E-state index in [-0.39, 0.29) is 0 Å². The summed E-state index contributed by atoms with van der Waals surface area (Å²) in [5.41, 5.74) is 1.22. The lowest BCUT2D eigenvalue weighted by Gasteiger charge is -2.27. The molecule has 122 valence electrons. The molecule has 0 aliphatic heterocycles. The van der Waals surface area contributed by atoms with Crippen molar-refractivity contribution in [2.24, 2.45) is 5.92 Å². The highest BCUT2D eigenvalue weighted by Gasteiger charge is 2.14. The summed E-state index contributed by atoms with van der Waals surface area (Å²) in [6.45, 7) is 13.4. The van der Waals surface area contributed by atoms with Crippen LogP contribution in [0, 0.1) is 5.92 Å². The average Bonchev–Trinajstić information content (AvgIpc) is 2.89. The van der Waals surface area contributed by atoms with Gasteiger partial charge in [0, 0.05) is 31.8 Å². The number of furan rings is 1. The van der Waals surface area contributed by atoms with E-state index in [0.29, 0.717) is 12.0 Å². The summed E-state index contributed by atoms with van der Waals surface area (Å²) in [4.78, 5) is 2.41. The number of hydrogen-bond acceptors (Lipinski definition) is 4. The highest BCUT2D eigenvalue weighted by Crippen LogP contribution is 2.14. The molecule has 4 nitrogen and oxygen atoms in total. The van der Waals surface area contributed by atoms with E-state index in [1.807, 2.05) is 6.26 Å². The van der Waals surface area contributed by atoms with E-state index in [2.05, 4.69) is 44.0 Å². The summed E-state index contributed by atoms with van der Waals surface area (Å²) in [7, 11) is 1.75. The molecule has 4 heteroatoms. The zero-order chi connectivity index (χ0) is 15.7. The van der Waals surface area contributed by atoms with Crippen LogP contribution >= 0.6 is 0 Å². The minimum absolute atomic E-state index is 0.535. The van der Waals surface area contributed by atoms with Crippen LogP contribution in [0.25, 0.3) is 0 Å². The van der Waals surface area contributed by atoms with Gasteiger partial charge >= 0.3 is 0 Å². The molecule has 21 heavy (non-hydrogen) atoms. The second kappa shape index (κ2) is 9.98. The zero-order valence-electron chi connectivity index (χ0n) is 14.3. The number of hydrogen-bond donors (Lipinski definition) is 1. The maximum atomic E-state index is 5.70. The van der Waals surface area contributed by atoms with Gasteiger partial charge < -0.3 is 14.5 Å². The van der Waals surface area contributed by atoms with Gasteiger partial charge in [-0.1, -0.05) is 20.8 Å². The van der Waals surface area contributed by atoms with Crippen molar-refractivity contribution in [1.29, 1.82) is 0 Å². The molecule has 1 atom stereocenters. The Balaban J connectivity index is 2.49. The van der Waals surface area contributed by atoms with Crippen LogP contribution in [0.5, 0.6) is 0 Å². The molecule has 0 amide bonds. The minimum Gasteiger partial charge on any atom is -0.468 e. The average molecular weight is 296 g/mol. The topological polar surface area (TPSA) is 37.6 Å². The van der Waals surface area contributed by atoms with Crippen LogP contribution in [-0.2, 0) is 17.8 Å². The first-order chi connectivity index (χ1) is 10.1. The van der Waals surface area contributed by atoms with Crippen molar-refractivity contribution in [1.82, 2.24) is 10.2 Å². The second-order valence-electron chi connectivity index (χ2n) is 6.17. The maximum Gasteiger partial charge on any atom is 0.118 e. The Morgan fingerprint density at radius 3 is 2.71 bits per heavy atom. The number of rotatable bonds is 11. The first-order valence-electron chi connectivity index (χ1n) is 8.06. The lowest BCUT2D eigenvalue weighted by atomic mass is 10.2. The molecule has 0 saturated carbocycles. The zero-order valence-corrected chi connectivity index (χ0v) is 14.3. The molecule has 1 unspecified atom stereocenters. The lowest BCUT2D eigenvalue weighted by molar-refractivity contribution is 0.112. The van der Waals surface area contributed by atoms with Gasteiger partial charge in [0.2, 0.25) is 0 Å². The van der Waals surface area contributed by atoms with Crippen molar-refractivity contribution in [2.45, 2.75) is 53.2 Å².